The zero-order chi connectivity index (χ0) is 20.5. The van der Waals surface area contributed by atoms with E-state index in [2.05, 4.69) is 75.6 Å². The number of halogens is 1. The van der Waals surface area contributed by atoms with Gasteiger partial charge in [0.25, 0.3) is 0 Å². The van der Waals surface area contributed by atoms with E-state index >= 15 is 0 Å². The molecule has 3 rings (SSSR count). The first-order valence-electron chi connectivity index (χ1n) is 10.1. The number of aliphatic imine (C=N–C) groups is 1. The third-order valence-corrected chi connectivity index (χ3v) is 5.83. The van der Waals surface area contributed by atoms with E-state index in [1.807, 2.05) is 18.5 Å². The molecule has 0 saturated heterocycles. The summed E-state index contributed by atoms with van der Waals surface area (Å²) in [5, 5.41) is 17.5. The topological polar surface area (TPSA) is 67.1 Å². The van der Waals surface area contributed by atoms with Gasteiger partial charge in [-0.1, -0.05) is 36.4 Å². The van der Waals surface area contributed by atoms with E-state index in [1.165, 1.54) is 10.4 Å². The molecule has 0 radical (unpaired) electrons. The lowest BCUT2D eigenvalue weighted by Crippen LogP contribution is -2.43. The Morgan fingerprint density at radius 1 is 1.13 bits per heavy atom. The number of thiophene rings is 1. The maximum atomic E-state index is 4.76. The number of hydrogen-bond acceptors (Lipinski definition) is 4. The van der Waals surface area contributed by atoms with Gasteiger partial charge in [0.1, 0.15) is 12.4 Å². The lowest BCUT2D eigenvalue weighted by Gasteiger charge is -2.18. The van der Waals surface area contributed by atoms with Gasteiger partial charge in [-0.15, -0.1) is 45.5 Å². The summed E-state index contributed by atoms with van der Waals surface area (Å²) in [7, 11) is 1.97. The minimum absolute atomic E-state index is 0. The van der Waals surface area contributed by atoms with Crippen LogP contribution in [0.3, 0.4) is 0 Å². The van der Waals surface area contributed by atoms with E-state index in [4.69, 9.17) is 4.99 Å². The monoisotopic (exact) mass is 538 g/mol. The number of aromatic nitrogens is 3. The van der Waals surface area contributed by atoms with Crippen LogP contribution in [-0.2, 0) is 26.4 Å². The van der Waals surface area contributed by atoms with Gasteiger partial charge < -0.3 is 15.2 Å². The van der Waals surface area contributed by atoms with E-state index in [9.17, 15) is 0 Å². The average Bonchev–Trinajstić information content (AvgIpc) is 3.36. The van der Waals surface area contributed by atoms with Gasteiger partial charge >= 0.3 is 0 Å². The van der Waals surface area contributed by atoms with Gasteiger partial charge in [0.2, 0.25) is 0 Å². The molecule has 30 heavy (non-hydrogen) atoms. The summed E-state index contributed by atoms with van der Waals surface area (Å²) in [5.41, 5.74) is 1.36. The molecular formula is C22H31IN6S. The molecule has 0 aliphatic carbocycles. The molecule has 8 heteroatoms. The largest absolute Gasteiger partial charge is 0.356 e. The first kappa shape index (κ1) is 24.3. The van der Waals surface area contributed by atoms with Crippen LogP contribution in [0.5, 0.6) is 0 Å². The van der Waals surface area contributed by atoms with Gasteiger partial charge in [0.15, 0.2) is 11.8 Å². The van der Waals surface area contributed by atoms with Crippen LogP contribution >= 0.6 is 35.3 Å². The van der Waals surface area contributed by atoms with Crippen LogP contribution in [0, 0.1) is 6.92 Å². The summed E-state index contributed by atoms with van der Waals surface area (Å²) in [4.78, 5) is 6.13. The highest BCUT2D eigenvalue weighted by Gasteiger charge is 2.09. The molecule has 2 heterocycles. The first-order valence-corrected chi connectivity index (χ1v) is 11.0. The van der Waals surface area contributed by atoms with Crippen molar-refractivity contribution in [1.82, 2.24) is 25.4 Å². The van der Waals surface area contributed by atoms with Crippen LogP contribution in [-0.4, -0.2) is 33.3 Å². The molecule has 162 valence electrons. The average molecular weight is 539 g/mol. The van der Waals surface area contributed by atoms with Crippen LogP contribution in [0.15, 0.2) is 52.8 Å². The molecular weight excluding hydrogens is 507 g/mol. The molecule has 0 spiro atoms. The van der Waals surface area contributed by atoms with E-state index in [1.54, 1.807) is 11.3 Å². The summed E-state index contributed by atoms with van der Waals surface area (Å²) in [5.74, 6) is 2.58. The van der Waals surface area contributed by atoms with Gasteiger partial charge in [-0.3, -0.25) is 0 Å². The Morgan fingerprint density at radius 3 is 2.60 bits per heavy atom. The number of hydrogen-bond donors (Lipinski definition) is 2. The third kappa shape index (κ3) is 7.71. The second-order valence-electron chi connectivity index (χ2n) is 7.21. The van der Waals surface area contributed by atoms with Crippen molar-refractivity contribution in [2.45, 2.75) is 45.7 Å². The molecule has 0 fully saturated rings. The fourth-order valence-electron chi connectivity index (χ4n) is 2.98. The SMILES string of the molecule is Cc1nnc(CN=C(NCCc2cccs2)NC(C)CCc2ccccc2)n1C.I. The Hall–Kier alpha value is -1.94. The second-order valence-corrected chi connectivity index (χ2v) is 8.25. The minimum atomic E-state index is 0. The molecule has 2 N–H and O–H groups in total. The molecule has 1 atom stereocenters. The fourth-order valence-corrected chi connectivity index (χ4v) is 3.69. The Labute approximate surface area is 200 Å². The van der Waals surface area contributed by atoms with Crippen molar-refractivity contribution < 1.29 is 0 Å². The maximum absolute atomic E-state index is 4.76. The standard InChI is InChI=1S/C22H30N6S.HI/c1-17(11-12-19-8-5-4-6-9-19)25-22(23-14-13-20-10-7-15-29-20)24-16-21-27-26-18(2)28(21)3;/h4-10,15,17H,11-14,16H2,1-3H3,(H2,23,24,25);1H. The first-order chi connectivity index (χ1) is 14.1. The molecule has 0 bridgehead atoms. The lowest BCUT2D eigenvalue weighted by molar-refractivity contribution is 0.591. The van der Waals surface area contributed by atoms with Gasteiger partial charge in [0.05, 0.1) is 0 Å². The predicted octanol–water partition coefficient (Wildman–Crippen LogP) is 4.10. The van der Waals surface area contributed by atoms with Crippen LogP contribution < -0.4 is 10.6 Å². The normalized spacial score (nSPS) is 12.3. The van der Waals surface area contributed by atoms with Crippen molar-refractivity contribution >= 4 is 41.3 Å². The van der Waals surface area contributed by atoms with Crippen molar-refractivity contribution in [2.75, 3.05) is 6.54 Å². The molecule has 1 aromatic carbocycles. The van der Waals surface area contributed by atoms with Crippen LogP contribution in [0.25, 0.3) is 0 Å². The molecule has 0 saturated carbocycles. The number of aryl methyl sites for hydroxylation is 2. The number of benzene rings is 1. The van der Waals surface area contributed by atoms with Gasteiger partial charge in [0, 0.05) is 24.5 Å². The summed E-state index contributed by atoms with van der Waals surface area (Å²) < 4.78 is 1.98. The summed E-state index contributed by atoms with van der Waals surface area (Å²) in [6.45, 7) is 5.49. The zero-order valence-electron chi connectivity index (χ0n) is 17.8. The highest BCUT2D eigenvalue weighted by Crippen LogP contribution is 2.08. The van der Waals surface area contributed by atoms with Crippen LogP contribution in [0.1, 0.15) is 35.4 Å². The van der Waals surface area contributed by atoms with E-state index in [-0.39, 0.29) is 24.0 Å². The summed E-state index contributed by atoms with van der Waals surface area (Å²) >= 11 is 1.79. The lowest BCUT2D eigenvalue weighted by atomic mass is 10.1. The van der Waals surface area contributed by atoms with Crippen LogP contribution in [0.4, 0.5) is 0 Å². The van der Waals surface area contributed by atoms with Crippen molar-refractivity contribution in [3.63, 3.8) is 0 Å². The molecule has 2 aromatic heterocycles. The second kappa shape index (κ2) is 12.7. The molecule has 0 amide bonds. The van der Waals surface area contributed by atoms with Gasteiger partial charge in [-0.2, -0.15) is 0 Å². The smallest absolute Gasteiger partial charge is 0.191 e. The van der Waals surface area contributed by atoms with Crippen molar-refractivity contribution in [3.8, 4) is 0 Å². The summed E-state index contributed by atoms with van der Waals surface area (Å²) in [6.07, 6.45) is 3.07. The molecule has 6 nitrogen and oxygen atoms in total. The number of rotatable bonds is 9. The molecule has 1 unspecified atom stereocenters. The number of nitrogens with one attached hydrogen (secondary N) is 2. The zero-order valence-corrected chi connectivity index (χ0v) is 21.0. The number of guanidine groups is 1. The molecule has 3 aromatic rings. The quantitative estimate of drug-likeness (QED) is 0.245. The molecule has 0 aliphatic heterocycles. The van der Waals surface area contributed by atoms with Crippen molar-refractivity contribution in [3.05, 3.63) is 69.9 Å². The number of nitrogens with zero attached hydrogens (tertiary/aromatic N) is 4. The van der Waals surface area contributed by atoms with Gasteiger partial charge in [-0.05, 0) is 50.1 Å². The van der Waals surface area contributed by atoms with Crippen LogP contribution in [0.2, 0.25) is 0 Å². The van der Waals surface area contributed by atoms with E-state index in [0.717, 1.165) is 43.4 Å². The van der Waals surface area contributed by atoms with Crippen molar-refractivity contribution in [2.24, 2.45) is 12.0 Å². The fraction of sp³-hybridized carbons (Fsp3) is 0.409. The maximum Gasteiger partial charge on any atom is 0.191 e. The Balaban J connectivity index is 0.00000320. The Morgan fingerprint density at radius 2 is 1.93 bits per heavy atom. The van der Waals surface area contributed by atoms with E-state index in [0.29, 0.717) is 12.6 Å². The minimum Gasteiger partial charge on any atom is -0.356 e. The third-order valence-electron chi connectivity index (χ3n) is 4.90. The summed E-state index contributed by atoms with van der Waals surface area (Å²) in [6, 6.07) is 15.2. The van der Waals surface area contributed by atoms with Crippen molar-refractivity contribution in [1.29, 1.82) is 0 Å². The predicted molar refractivity (Wildman–Crippen MR) is 136 cm³/mol. The highest BCUT2D eigenvalue weighted by molar-refractivity contribution is 14.0. The van der Waals surface area contributed by atoms with E-state index < -0.39 is 0 Å². The highest BCUT2D eigenvalue weighted by atomic mass is 127. The van der Waals surface area contributed by atoms with Gasteiger partial charge in [-0.25, -0.2) is 4.99 Å². The Bertz CT molecular complexity index is 892. The molecule has 0 aliphatic rings. The Kier molecular flexibility index (Phi) is 10.3.